The third kappa shape index (κ3) is 6.23. The molecule has 0 saturated carbocycles. The van der Waals surface area contributed by atoms with Crippen LogP contribution in [0.4, 0.5) is 0 Å². The van der Waals surface area contributed by atoms with E-state index in [1.807, 2.05) is 26.8 Å². The molecule has 112 valence electrons. The number of rotatable bonds is 8. The summed E-state index contributed by atoms with van der Waals surface area (Å²) in [6, 6.07) is 10.5. The van der Waals surface area contributed by atoms with Crippen LogP contribution in [0.5, 0.6) is 0 Å². The topological polar surface area (TPSA) is 37.3 Å². The van der Waals surface area contributed by atoms with Crippen molar-refractivity contribution in [3.8, 4) is 0 Å². The maximum absolute atomic E-state index is 11.3. The lowest BCUT2D eigenvalue weighted by Crippen LogP contribution is -2.28. The summed E-state index contributed by atoms with van der Waals surface area (Å²) in [6.07, 6.45) is 6.45. The zero-order chi connectivity index (χ0) is 15.0. The fourth-order valence-electron chi connectivity index (χ4n) is 2.60. The molecule has 0 aromatic heterocycles. The van der Waals surface area contributed by atoms with Crippen molar-refractivity contribution in [3.05, 3.63) is 35.9 Å². The predicted octanol–water partition coefficient (Wildman–Crippen LogP) is 4.93. The second-order valence-electron chi connectivity index (χ2n) is 6.70. The third-order valence-electron chi connectivity index (χ3n) is 3.89. The standard InChI is InChI=1S/C18H28O2/c1-18(2,3)16(17(19)20)14-10-5-4-7-11-15-12-8-6-9-13-15/h6,8-9,12-13,16H,4-5,7,10-11,14H2,1-3H3,(H,19,20). The molecule has 0 saturated heterocycles. The first-order chi connectivity index (χ1) is 9.41. The molecule has 0 aliphatic carbocycles. The van der Waals surface area contributed by atoms with Gasteiger partial charge in [0.25, 0.3) is 0 Å². The van der Waals surface area contributed by atoms with Gasteiger partial charge in [-0.15, -0.1) is 0 Å². The molecule has 0 amide bonds. The van der Waals surface area contributed by atoms with Gasteiger partial charge in [-0.05, 0) is 30.2 Å². The lowest BCUT2D eigenvalue weighted by atomic mass is 9.78. The Morgan fingerprint density at radius 3 is 2.20 bits per heavy atom. The number of aryl methyl sites for hydroxylation is 1. The van der Waals surface area contributed by atoms with Gasteiger partial charge in [-0.3, -0.25) is 4.79 Å². The lowest BCUT2D eigenvalue weighted by molar-refractivity contribution is -0.145. The van der Waals surface area contributed by atoms with E-state index in [2.05, 4.69) is 24.3 Å². The van der Waals surface area contributed by atoms with E-state index in [9.17, 15) is 9.90 Å². The molecular formula is C18H28O2. The molecule has 0 spiro atoms. The number of carbonyl (C=O) groups is 1. The Morgan fingerprint density at radius 2 is 1.65 bits per heavy atom. The summed E-state index contributed by atoms with van der Waals surface area (Å²) in [4.78, 5) is 11.3. The fourth-order valence-corrected chi connectivity index (χ4v) is 2.60. The van der Waals surface area contributed by atoms with Gasteiger partial charge in [0.2, 0.25) is 0 Å². The Bertz CT molecular complexity index is 390. The van der Waals surface area contributed by atoms with E-state index in [4.69, 9.17) is 0 Å². The van der Waals surface area contributed by atoms with Crippen molar-refractivity contribution in [2.45, 2.75) is 59.3 Å². The lowest BCUT2D eigenvalue weighted by Gasteiger charge is -2.26. The summed E-state index contributed by atoms with van der Waals surface area (Å²) in [5, 5.41) is 9.26. The van der Waals surface area contributed by atoms with E-state index in [1.54, 1.807) is 0 Å². The SMILES string of the molecule is CC(C)(C)C(CCCCCCc1ccccc1)C(=O)O. The number of carboxylic acid groups (broad SMARTS) is 1. The largest absolute Gasteiger partial charge is 0.481 e. The van der Waals surface area contributed by atoms with Gasteiger partial charge in [0.1, 0.15) is 0 Å². The van der Waals surface area contributed by atoms with Crippen molar-refractivity contribution in [3.63, 3.8) is 0 Å². The number of benzene rings is 1. The smallest absolute Gasteiger partial charge is 0.307 e. The molecule has 0 radical (unpaired) electrons. The molecule has 2 nitrogen and oxygen atoms in total. The summed E-state index contributed by atoms with van der Waals surface area (Å²) >= 11 is 0. The van der Waals surface area contributed by atoms with Crippen molar-refractivity contribution in [1.29, 1.82) is 0 Å². The molecule has 1 N–H and O–H groups in total. The fraction of sp³-hybridized carbons (Fsp3) is 0.611. The monoisotopic (exact) mass is 276 g/mol. The van der Waals surface area contributed by atoms with Gasteiger partial charge in [0.15, 0.2) is 0 Å². The van der Waals surface area contributed by atoms with Gasteiger partial charge in [-0.1, -0.05) is 70.4 Å². The van der Waals surface area contributed by atoms with E-state index in [0.717, 1.165) is 25.7 Å². The van der Waals surface area contributed by atoms with Crippen molar-refractivity contribution in [2.75, 3.05) is 0 Å². The second kappa shape index (κ2) is 8.08. The average Bonchev–Trinajstić information content (AvgIpc) is 2.37. The second-order valence-corrected chi connectivity index (χ2v) is 6.70. The van der Waals surface area contributed by atoms with Gasteiger partial charge in [-0.2, -0.15) is 0 Å². The maximum atomic E-state index is 11.3. The zero-order valence-electron chi connectivity index (χ0n) is 13.1. The summed E-state index contributed by atoms with van der Waals surface area (Å²) in [7, 11) is 0. The molecule has 0 aliphatic rings. The molecular weight excluding hydrogens is 248 g/mol. The van der Waals surface area contributed by atoms with Gasteiger partial charge < -0.3 is 5.11 Å². The van der Waals surface area contributed by atoms with Crippen LogP contribution in [0.3, 0.4) is 0 Å². The van der Waals surface area contributed by atoms with Gasteiger partial charge in [0, 0.05) is 0 Å². The van der Waals surface area contributed by atoms with Crippen LogP contribution in [0.15, 0.2) is 30.3 Å². The first kappa shape index (κ1) is 16.7. The number of aliphatic carboxylic acids is 1. The Labute approximate surface area is 123 Å². The highest BCUT2D eigenvalue weighted by molar-refractivity contribution is 5.70. The minimum Gasteiger partial charge on any atom is -0.481 e. The van der Waals surface area contributed by atoms with E-state index >= 15 is 0 Å². The van der Waals surface area contributed by atoms with E-state index in [-0.39, 0.29) is 11.3 Å². The summed E-state index contributed by atoms with van der Waals surface area (Å²) in [5.74, 6) is -0.876. The zero-order valence-corrected chi connectivity index (χ0v) is 13.1. The molecule has 1 aromatic carbocycles. The Hall–Kier alpha value is -1.31. The third-order valence-corrected chi connectivity index (χ3v) is 3.89. The molecule has 0 aliphatic heterocycles. The highest BCUT2D eigenvalue weighted by atomic mass is 16.4. The van der Waals surface area contributed by atoms with Gasteiger partial charge in [-0.25, -0.2) is 0 Å². The molecule has 0 bridgehead atoms. The van der Waals surface area contributed by atoms with E-state index in [0.29, 0.717) is 0 Å². The number of hydrogen-bond acceptors (Lipinski definition) is 1. The minimum absolute atomic E-state index is 0.143. The molecule has 20 heavy (non-hydrogen) atoms. The van der Waals surface area contributed by atoms with Crippen LogP contribution in [0, 0.1) is 11.3 Å². The highest BCUT2D eigenvalue weighted by Crippen LogP contribution is 2.30. The average molecular weight is 276 g/mol. The number of unbranched alkanes of at least 4 members (excludes halogenated alkanes) is 3. The minimum atomic E-state index is -0.651. The first-order valence-electron chi connectivity index (χ1n) is 7.68. The molecule has 1 rings (SSSR count). The maximum Gasteiger partial charge on any atom is 0.307 e. The van der Waals surface area contributed by atoms with Crippen LogP contribution >= 0.6 is 0 Å². The van der Waals surface area contributed by atoms with Crippen molar-refractivity contribution in [2.24, 2.45) is 11.3 Å². The quantitative estimate of drug-likeness (QED) is 0.684. The number of hydrogen-bond donors (Lipinski definition) is 1. The van der Waals surface area contributed by atoms with Crippen LogP contribution in [-0.4, -0.2) is 11.1 Å². The highest BCUT2D eigenvalue weighted by Gasteiger charge is 2.30. The molecule has 1 aromatic rings. The Kier molecular flexibility index (Phi) is 6.77. The molecule has 0 heterocycles. The summed E-state index contributed by atoms with van der Waals surface area (Å²) in [5.41, 5.74) is 1.25. The summed E-state index contributed by atoms with van der Waals surface area (Å²) in [6.45, 7) is 6.05. The van der Waals surface area contributed by atoms with Crippen LogP contribution in [0.25, 0.3) is 0 Å². The van der Waals surface area contributed by atoms with E-state index in [1.165, 1.54) is 18.4 Å². The van der Waals surface area contributed by atoms with Crippen LogP contribution < -0.4 is 0 Å². The molecule has 0 fully saturated rings. The Balaban J connectivity index is 2.17. The predicted molar refractivity (Wildman–Crippen MR) is 83.8 cm³/mol. The van der Waals surface area contributed by atoms with Crippen molar-refractivity contribution in [1.82, 2.24) is 0 Å². The Morgan fingerprint density at radius 1 is 1.05 bits per heavy atom. The van der Waals surface area contributed by atoms with Crippen LogP contribution in [0.1, 0.15) is 58.4 Å². The van der Waals surface area contributed by atoms with Gasteiger partial charge >= 0.3 is 5.97 Å². The first-order valence-corrected chi connectivity index (χ1v) is 7.68. The van der Waals surface area contributed by atoms with Crippen molar-refractivity contribution < 1.29 is 9.90 Å². The van der Waals surface area contributed by atoms with Crippen LogP contribution in [0.2, 0.25) is 0 Å². The molecule has 1 unspecified atom stereocenters. The van der Waals surface area contributed by atoms with Gasteiger partial charge in [0.05, 0.1) is 5.92 Å². The van der Waals surface area contributed by atoms with Crippen molar-refractivity contribution >= 4 is 5.97 Å². The molecule has 2 heteroatoms. The number of carboxylic acids is 1. The summed E-state index contributed by atoms with van der Waals surface area (Å²) < 4.78 is 0. The van der Waals surface area contributed by atoms with Crippen LogP contribution in [-0.2, 0) is 11.2 Å². The normalized spacial score (nSPS) is 13.2. The molecule has 1 atom stereocenters. The van der Waals surface area contributed by atoms with E-state index < -0.39 is 5.97 Å².